The fraction of sp³-hybridized carbons (Fsp3) is 0.933. The van der Waals surface area contributed by atoms with Crippen LogP contribution >= 0.6 is 0 Å². The van der Waals surface area contributed by atoms with Crippen molar-refractivity contribution in [3.05, 3.63) is 0 Å². The van der Waals surface area contributed by atoms with Crippen LogP contribution in [0.3, 0.4) is 0 Å². The first-order valence-electron chi connectivity index (χ1n) is 7.46. The minimum Gasteiger partial charge on any atom is -0.395 e. The third-order valence-corrected chi connectivity index (χ3v) is 4.17. The highest BCUT2D eigenvalue weighted by Gasteiger charge is 2.26. The summed E-state index contributed by atoms with van der Waals surface area (Å²) in [5.74, 6) is 0. The lowest BCUT2D eigenvalue weighted by Crippen LogP contribution is -2.52. The van der Waals surface area contributed by atoms with Crippen LogP contribution in [0.4, 0.5) is 0 Å². The first-order valence-corrected chi connectivity index (χ1v) is 7.46. The minimum absolute atomic E-state index is 0.221. The highest BCUT2D eigenvalue weighted by atomic mass is 16.3. The summed E-state index contributed by atoms with van der Waals surface area (Å²) in [7, 11) is 0. The van der Waals surface area contributed by atoms with Crippen LogP contribution in [0.25, 0.3) is 0 Å². The maximum absolute atomic E-state index is 9.34. The van der Waals surface area contributed by atoms with Gasteiger partial charge in [0.2, 0.25) is 0 Å². The molecule has 1 fully saturated rings. The molecule has 110 valence electrons. The van der Waals surface area contributed by atoms with Gasteiger partial charge in [-0.25, -0.2) is 0 Å². The predicted octanol–water partition coefficient (Wildman–Crippen LogP) is 1.70. The largest absolute Gasteiger partial charge is 0.395 e. The summed E-state index contributed by atoms with van der Waals surface area (Å²) >= 11 is 0. The molecule has 0 amide bonds. The molecule has 0 radical (unpaired) electrons. The molecule has 1 rings (SSSR count). The van der Waals surface area contributed by atoms with E-state index in [1.54, 1.807) is 0 Å². The molecular weight excluding hydrogens is 238 g/mol. The second-order valence-corrected chi connectivity index (χ2v) is 6.38. The second-order valence-electron chi connectivity index (χ2n) is 6.38. The molecule has 1 heterocycles. The van der Waals surface area contributed by atoms with Gasteiger partial charge in [0.1, 0.15) is 0 Å². The second kappa shape index (κ2) is 7.84. The van der Waals surface area contributed by atoms with Gasteiger partial charge in [-0.2, -0.15) is 5.26 Å². The number of aliphatic hydroxyl groups excluding tert-OH is 1. The zero-order valence-electron chi connectivity index (χ0n) is 12.7. The maximum Gasteiger partial charge on any atom is 0.0621 e. The van der Waals surface area contributed by atoms with Gasteiger partial charge < -0.3 is 10.0 Å². The van der Waals surface area contributed by atoms with E-state index in [9.17, 15) is 5.11 Å². The number of hydrogen-bond donors (Lipinski definition) is 1. The van der Waals surface area contributed by atoms with Crippen molar-refractivity contribution in [2.24, 2.45) is 5.41 Å². The quantitative estimate of drug-likeness (QED) is 0.763. The number of aliphatic hydroxyl groups is 1. The Kier molecular flexibility index (Phi) is 6.78. The van der Waals surface area contributed by atoms with Crippen molar-refractivity contribution in [3.63, 3.8) is 0 Å². The predicted molar refractivity (Wildman–Crippen MR) is 77.8 cm³/mol. The lowest BCUT2D eigenvalue weighted by atomic mass is 9.87. The van der Waals surface area contributed by atoms with Gasteiger partial charge in [-0.3, -0.25) is 4.90 Å². The van der Waals surface area contributed by atoms with Gasteiger partial charge in [0.15, 0.2) is 0 Å². The Morgan fingerprint density at radius 3 is 2.37 bits per heavy atom. The van der Waals surface area contributed by atoms with E-state index in [1.807, 2.05) is 0 Å². The van der Waals surface area contributed by atoms with Gasteiger partial charge in [0, 0.05) is 45.2 Å². The van der Waals surface area contributed by atoms with Gasteiger partial charge in [-0.15, -0.1) is 0 Å². The van der Waals surface area contributed by atoms with E-state index in [2.05, 4.69) is 36.6 Å². The summed E-state index contributed by atoms with van der Waals surface area (Å²) in [4.78, 5) is 4.90. The van der Waals surface area contributed by atoms with Crippen LogP contribution in [0.5, 0.6) is 0 Å². The smallest absolute Gasteiger partial charge is 0.0621 e. The van der Waals surface area contributed by atoms with E-state index in [1.165, 1.54) is 0 Å². The van der Waals surface area contributed by atoms with Crippen LogP contribution in [0, 0.1) is 16.7 Å². The topological polar surface area (TPSA) is 50.5 Å². The van der Waals surface area contributed by atoms with Crippen molar-refractivity contribution < 1.29 is 5.11 Å². The van der Waals surface area contributed by atoms with E-state index < -0.39 is 0 Å². The molecule has 0 spiro atoms. The van der Waals surface area contributed by atoms with Crippen LogP contribution < -0.4 is 0 Å². The Balaban J connectivity index is 2.36. The average molecular weight is 267 g/mol. The van der Waals surface area contributed by atoms with Crippen LogP contribution in [0.1, 0.15) is 40.0 Å². The first-order chi connectivity index (χ1) is 9.02. The fourth-order valence-corrected chi connectivity index (χ4v) is 2.87. The van der Waals surface area contributed by atoms with Crippen LogP contribution in [0.2, 0.25) is 0 Å². The molecule has 1 atom stereocenters. The molecular formula is C15H29N3O. The van der Waals surface area contributed by atoms with Crippen molar-refractivity contribution in [3.8, 4) is 6.07 Å². The van der Waals surface area contributed by atoms with E-state index >= 15 is 0 Å². The first kappa shape index (κ1) is 16.4. The van der Waals surface area contributed by atoms with Gasteiger partial charge in [-0.1, -0.05) is 20.8 Å². The highest BCUT2D eigenvalue weighted by Crippen LogP contribution is 2.24. The SMILES string of the molecule is CCC(CO)N1CCN(CC(C)(C)CCC#N)CC1. The molecule has 0 aromatic heterocycles. The van der Waals surface area contributed by atoms with Crippen molar-refractivity contribution in [2.75, 3.05) is 39.3 Å². The Bertz CT molecular complexity index is 286. The third kappa shape index (κ3) is 5.48. The van der Waals surface area contributed by atoms with E-state index in [4.69, 9.17) is 5.26 Å². The minimum atomic E-state index is 0.221. The van der Waals surface area contributed by atoms with Crippen LogP contribution in [-0.2, 0) is 0 Å². The Labute approximate surface area is 118 Å². The zero-order valence-corrected chi connectivity index (χ0v) is 12.7. The lowest BCUT2D eigenvalue weighted by molar-refractivity contribution is 0.0474. The summed E-state index contributed by atoms with van der Waals surface area (Å²) in [6, 6.07) is 2.57. The fourth-order valence-electron chi connectivity index (χ4n) is 2.87. The standard InChI is InChI=1S/C15H29N3O/c1-4-14(12-19)18-10-8-17(9-11-18)13-15(2,3)6-5-7-16/h14,19H,4-6,8-13H2,1-3H3. The molecule has 1 aliphatic heterocycles. The van der Waals surface area contributed by atoms with Crippen molar-refractivity contribution in [1.29, 1.82) is 5.26 Å². The van der Waals surface area contributed by atoms with Crippen molar-refractivity contribution in [1.82, 2.24) is 9.80 Å². The summed E-state index contributed by atoms with van der Waals surface area (Å²) in [6.45, 7) is 12.2. The summed E-state index contributed by atoms with van der Waals surface area (Å²) in [5, 5.41) is 18.0. The van der Waals surface area contributed by atoms with E-state index in [-0.39, 0.29) is 12.0 Å². The third-order valence-electron chi connectivity index (χ3n) is 4.17. The Hall–Kier alpha value is -0.630. The molecule has 0 aromatic rings. The van der Waals surface area contributed by atoms with Crippen LogP contribution in [-0.4, -0.2) is 60.3 Å². The summed E-state index contributed by atoms with van der Waals surface area (Å²) in [5.41, 5.74) is 0.221. The monoisotopic (exact) mass is 267 g/mol. The molecule has 4 heteroatoms. The molecule has 1 unspecified atom stereocenters. The summed E-state index contributed by atoms with van der Waals surface area (Å²) < 4.78 is 0. The number of nitriles is 1. The highest BCUT2D eigenvalue weighted by molar-refractivity contribution is 4.83. The van der Waals surface area contributed by atoms with E-state index in [0.29, 0.717) is 12.5 Å². The normalized spacial score (nSPS) is 20.2. The summed E-state index contributed by atoms with van der Waals surface area (Å²) in [6.07, 6.45) is 2.64. The van der Waals surface area contributed by atoms with Gasteiger partial charge >= 0.3 is 0 Å². The molecule has 19 heavy (non-hydrogen) atoms. The number of rotatable bonds is 7. The van der Waals surface area contributed by atoms with Gasteiger partial charge in [-0.05, 0) is 18.3 Å². The number of hydrogen-bond acceptors (Lipinski definition) is 4. The molecule has 0 aliphatic carbocycles. The molecule has 0 aromatic carbocycles. The maximum atomic E-state index is 9.34. The molecule has 1 N–H and O–H groups in total. The number of nitrogens with zero attached hydrogens (tertiary/aromatic N) is 3. The molecule has 1 saturated heterocycles. The molecule has 0 bridgehead atoms. The van der Waals surface area contributed by atoms with Crippen molar-refractivity contribution in [2.45, 2.75) is 46.1 Å². The average Bonchev–Trinajstić information content (AvgIpc) is 2.39. The van der Waals surface area contributed by atoms with E-state index in [0.717, 1.165) is 45.6 Å². The van der Waals surface area contributed by atoms with Gasteiger partial charge in [0.05, 0.1) is 12.7 Å². The van der Waals surface area contributed by atoms with Crippen LogP contribution in [0.15, 0.2) is 0 Å². The Morgan fingerprint density at radius 2 is 1.89 bits per heavy atom. The molecule has 0 saturated carbocycles. The lowest BCUT2D eigenvalue weighted by Gasteiger charge is -2.41. The zero-order chi connectivity index (χ0) is 14.3. The van der Waals surface area contributed by atoms with Crippen molar-refractivity contribution >= 4 is 0 Å². The molecule has 1 aliphatic rings. The Morgan fingerprint density at radius 1 is 1.26 bits per heavy atom. The molecule has 4 nitrogen and oxygen atoms in total. The van der Waals surface area contributed by atoms with Gasteiger partial charge in [0.25, 0.3) is 0 Å². The number of piperazine rings is 1.